The third-order valence-corrected chi connectivity index (χ3v) is 6.50. The average Bonchev–Trinajstić information content (AvgIpc) is 2.58. The van der Waals surface area contributed by atoms with E-state index in [1.54, 1.807) is 0 Å². The Morgan fingerprint density at radius 2 is 1.04 bits per heavy atom. The first-order valence-electron chi connectivity index (χ1n) is 11.0. The van der Waals surface area contributed by atoms with Gasteiger partial charge >= 0.3 is 29.6 Å². The van der Waals surface area contributed by atoms with Gasteiger partial charge in [0.1, 0.15) is 0 Å². The van der Waals surface area contributed by atoms with Gasteiger partial charge < -0.3 is 9.66 Å². The number of hydrogen-bond acceptors (Lipinski definition) is 4. The normalized spacial score (nSPS) is 13.9. The minimum Gasteiger partial charge on any atom is -0.748 e. The molecule has 0 aliphatic carbocycles. The molecule has 0 heterocycles. The van der Waals surface area contributed by atoms with Gasteiger partial charge in [0.25, 0.3) is 0 Å². The summed E-state index contributed by atoms with van der Waals surface area (Å²) in [5.41, 5.74) is 0. The summed E-state index contributed by atoms with van der Waals surface area (Å²) < 4.78 is 32.4. The van der Waals surface area contributed by atoms with Crippen molar-refractivity contribution in [1.29, 1.82) is 0 Å². The summed E-state index contributed by atoms with van der Waals surface area (Å²) in [5.74, 6) is 0. The smallest absolute Gasteiger partial charge is 0.748 e. The Kier molecular flexibility index (Phi) is 22.4. The molecule has 0 aliphatic rings. The van der Waals surface area contributed by atoms with E-state index in [1.807, 2.05) is 0 Å². The van der Waals surface area contributed by atoms with E-state index < -0.39 is 15.4 Å². The molecule has 27 heavy (non-hydrogen) atoms. The van der Waals surface area contributed by atoms with Crippen molar-refractivity contribution in [3.8, 4) is 0 Å². The first kappa shape index (κ1) is 30.1. The Labute approximate surface area is 191 Å². The Morgan fingerprint density at radius 3 is 1.41 bits per heavy atom. The predicted octanol–water partition coefficient (Wildman–Crippen LogP) is 2.94. The maximum absolute atomic E-state index is 10.8. The number of aliphatic hydroxyl groups excluding tert-OH is 1. The van der Waals surface area contributed by atoms with Crippen molar-refractivity contribution in [1.82, 2.24) is 0 Å². The van der Waals surface area contributed by atoms with Crippen LogP contribution in [0.15, 0.2) is 0 Å². The van der Waals surface area contributed by atoms with Crippen LogP contribution in [0.2, 0.25) is 0 Å². The zero-order valence-corrected chi connectivity index (χ0v) is 21.1. The fourth-order valence-corrected chi connectivity index (χ4v) is 3.78. The van der Waals surface area contributed by atoms with Crippen LogP contribution in [0.4, 0.5) is 0 Å². The number of rotatable bonds is 19. The van der Waals surface area contributed by atoms with Crippen molar-refractivity contribution in [3.05, 3.63) is 0 Å². The Morgan fingerprint density at radius 1 is 0.704 bits per heavy atom. The number of aliphatic hydroxyl groups is 1. The van der Waals surface area contributed by atoms with E-state index in [2.05, 4.69) is 6.92 Å². The molecular formula is C21H43NaO4S. The Hall–Kier alpha value is 0.870. The molecule has 158 valence electrons. The molecule has 0 aromatic carbocycles. The molecular weight excluding hydrogens is 371 g/mol. The van der Waals surface area contributed by atoms with E-state index in [0.717, 1.165) is 57.8 Å². The average molecular weight is 415 g/mol. The molecule has 0 bridgehead atoms. The molecule has 0 rings (SSSR count). The third kappa shape index (κ3) is 21.4. The minimum absolute atomic E-state index is 0. The van der Waals surface area contributed by atoms with Crippen LogP contribution < -0.4 is 29.6 Å². The fourth-order valence-electron chi connectivity index (χ4n) is 3.32. The molecule has 0 amide bonds. The molecule has 0 aromatic rings. The fraction of sp³-hybridized carbons (Fsp3) is 1.00. The van der Waals surface area contributed by atoms with E-state index in [-0.39, 0.29) is 35.7 Å². The molecule has 1 N–H and O–H groups in total. The Bertz CT molecular complexity index is 401. The monoisotopic (exact) mass is 414 g/mol. The minimum atomic E-state index is -4.11. The summed E-state index contributed by atoms with van der Waals surface area (Å²) in [6, 6.07) is 0. The first-order valence-corrected chi connectivity index (χ1v) is 12.5. The van der Waals surface area contributed by atoms with Gasteiger partial charge in [0.2, 0.25) is 0 Å². The number of unbranched alkanes of at least 4 members (excludes halogenated alkanes) is 12. The standard InChI is InChI=1S/C21H44O4S.Na/c1-3-4-5-6-7-8-12-15-18-21(22)19-16-13-10-9-11-14-17-20(2)26(23,24)25;/h20-22H,3-19H2,1-2H3,(H,23,24,25);/q;+1/p-1. The van der Waals surface area contributed by atoms with Gasteiger partial charge in [-0.1, -0.05) is 96.8 Å². The van der Waals surface area contributed by atoms with Gasteiger partial charge in [0.15, 0.2) is 0 Å². The van der Waals surface area contributed by atoms with Crippen molar-refractivity contribution in [3.63, 3.8) is 0 Å². The molecule has 0 aliphatic heterocycles. The summed E-state index contributed by atoms with van der Waals surface area (Å²) in [6.45, 7) is 3.74. The second-order valence-electron chi connectivity index (χ2n) is 7.92. The SMILES string of the molecule is CCCCCCCCCCC(O)CCCCCCCCC(C)S(=O)(=O)[O-].[Na+]. The van der Waals surface area contributed by atoms with Gasteiger partial charge in [0.05, 0.1) is 16.2 Å². The second-order valence-corrected chi connectivity index (χ2v) is 9.71. The molecule has 0 spiro atoms. The summed E-state index contributed by atoms with van der Waals surface area (Å²) in [7, 11) is -4.11. The topological polar surface area (TPSA) is 77.4 Å². The molecule has 2 unspecified atom stereocenters. The number of hydrogen-bond donors (Lipinski definition) is 1. The van der Waals surface area contributed by atoms with Crippen LogP contribution in [0.3, 0.4) is 0 Å². The van der Waals surface area contributed by atoms with Gasteiger partial charge in [0, 0.05) is 5.25 Å². The van der Waals surface area contributed by atoms with E-state index in [4.69, 9.17) is 0 Å². The molecule has 6 heteroatoms. The van der Waals surface area contributed by atoms with Crippen molar-refractivity contribution < 1.29 is 47.6 Å². The zero-order valence-electron chi connectivity index (χ0n) is 18.3. The van der Waals surface area contributed by atoms with Crippen LogP contribution in [0.5, 0.6) is 0 Å². The second kappa shape index (κ2) is 20.2. The van der Waals surface area contributed by atoms with Crippen LogP contribution in [-0.4, -0.2) is 29.4 Å². The molecule has 0 fully saturated rings. The van der Waals surface area contributed by atoms with Gasteiger partial charge in [-0.05, 0) is 26.2 Å². The molecule has 0 saturated heterocycles. The maximum Gasteiger partial charge on any atom is 1.00 e. The predicted molar refractivity (Wildman–Crippen MR) is 109 cm³/mol. The summed E-state index contributed by atoms with van der Waals surface area (Å²) in [5, 5.41) is 9.26. The molecule has 2 atom stereocenters. The van der Waals surface area contributed by atoms with E-state index in [9.17, 15) is 18.1 Å². The first-order chi connectivity index (χ1) is 12.4. The van der Waals surface area contributed by atoms with E-state index in [0.29, 0.717) is 6.42 Å². The van der Waals surface area contributed by atoms with Crippen LogP contribution in [0.25, 0.3) is 0 Å². The van der Waals surface area contributed by atoms with Crippen LogP contribution in [0.1, 0.15) is 123 Å². The van der Waals surface area contributed by atoms with Crippen molar-refractivity contribution in [2.75, 3.05) is 0 Å². The van der Waals surface area contributed by atoms with Gasteiger partial charge in [-0.15, -0.1) is 0 Å². The van der Waals surface area contributed by atoms with Gasteiger partial charge in [-0.3, -0.25) is 0 Å². The zero-order chi connectivity index (χ0) is 19.7. The largest absolute Gasteiger partial charge is 1.00 e. The third-order valence-electron chi connectivity index (χ3n) is 5.28. The summed E-state index contributed by atoms with van der Waals surface area (Å²) >= 11 is 0. The molecule has 0 radical (unpaired) electrons. The molecule has 0 aromatic heterocycles. The van der Waals surface area contributed by atoms with Crippen LogP contribution in [-0.2, 0) is 10.1 Å². The van der Waals surface area contributed by atoms with E-state index in [1.165, 1.54) is 51.9 Å². The van der Waals surface area contributed by atoms with Crippen molar-refractivity contribution in [2.45, 2.75) is 134 Å². The summed E-state index contributed by atoms with van der Waals surface area (Å²) in [6.07, 6.45) is 18.8. The summed E-state index contributed by atoms with van der Waals surface area (Å²) in [4.78, 5) is 0. The van der Waals surface area contributed by atoms with Crippen molar-refractivity contribution >= 4 is 10.1 Å². The maximum atomic E-state index is 10.8. The van der Waals surface area contributed by atoms with E-state index >= 15 is 0 Å². The van der Waals surface area contributed by atoms with Crippen molar-refractivity contribution in [2.24, 2.45) is 0 Å². The molecule has 4 nitrogen and oxygen atoms in total. The van der Waals surface area contributed by atoms with Crippen LogP contribution >= 0.6 is 0 Å². The van der Waals surface area contributed by atoms with Gasteiger partial charge in [-0.2, -0.15) is 0 Å². The quantitative estimate of drug-likeness (QED) is 0.200. The Balaban J connectivity index is 0. The molecule has 0 saturated carbocycles. The van der Waals surface area contributed by atoms with Crippen LogP contribution in [0, 0.1) is 0 Å². The van der Waals surface area contributed by atoms with Gasteiger partial charge in [-0.25, -0.2) is 8.42 Å².